The van der Waals surface area contributed by atoms with E-state index in [1.54, 1.807) is 18.7 Å². The Morgan fingerprint density at radius 2 is 2.00 bits per heavy atom. The molecule has 4 nitrogen and oxygen atoms in total. The highest BCUT2D eigenvalue weighted by Gasteiger charge is 2.47. The van der Waals surface area contributed by atoms with E-state index in [0.717, 1.165) is 5.56 Å². The van der Waals surface area contributed by atoms with Crippen molar-refractivity contribution in [2.75, 3.05) is 0 Å². The van der Waals surface area contributed by atoms with Gasteiger partial charge in [0.2, 0.25) is 0 Å². The molecule has 1 amide bonds. The number of hydrogen-bond acceptors (Lipinski definition) is 3. The molecule has 0 saturated carbocycles. The fourth-order valence-electron chi connectivity index (χ4n) is 2.56. The number of rotatable bonds is 4. The van der Waals surface area contributed by atoms with Crippen LogP contribution in [0.15, 0.2) is 30.3 Å². The van der Waals surface area contributed by atoms with Crippen molar-refractivity contribution in [1.29, 1.82) is 0 Å². The van der Waals surface area contributed by atoms with E-state index >= 15 is 0 Å². The van der Waals surface area contributed by atoms with Crippen molar-refractivity contribution in [3.63, 3.8) is 0 Å². The van der Waals surface area contributed by atoms with E-state index in [1.807, 2.05) is 30.3 Å². The molecule has 1 fully saturated rings. The van der Waals surface area contributed by atoms with Crippen LogP contribution in [0.25, 0.3) is 0 Å². The summed E-state index contributed by atoms with van der Waals surface area (Å²) >= 11 is 0. The third-order valence-electron chi connectivity index (χ3n) is 3.38. The average molecular weight is 261 g/mol. The Kier molecular flexibility index (Phi) is 3.71. The molecule has 1 aliphatic rings. The van der Waals surface area contributed by atoms with Crippen LogP contribution >= 0.6 is 0 Å². The van der Waals surface area contributed by atoms with Crippen LogP contribution in [-0.2, 0) is 20.9 Å². The minimum Gasteiger partial charge on any atom is -0.343 e. The molecule has 1 aromatic carbocycles. The van der Waals surface area contributed by atoms with E-state index in [2.05, 4.69) is 0 Å². The van der Waals surface area contributed by atoms with Gasteiger partial charge in [-0.25, -0.2) is 0 Å². The molecule has 1 aromatic rings. The molecule has 19 heavy (non-hydrogen) atoms. The lowest BCUT2D eigenvalue weighted by molar-refractivity contribution is -0.138. The zero-order valence-electron chi connectivity index (χ0n) is 11.6. The first-order chi connectivity index (χ1) is 8.92. The quantitative estimate of drug-likeness (QED) is 0.834. The molecule has 2 atom stereocenters. The van der Waals surface area contributed by atoms with Crippen molar-refractivity contribution in [3.8, 4) is 0 Å². The first-order valence-electron chi connectivity index (χ1n) is 6.45. The molecule has 0 radical (unpaired) electrons. The van der Waals surface area contributed by atoms with Gasteiger partial charge in [-0.05, 0) is 26.3 Å². The summed E-state index contributed by atoms with van der Waals surface area (Å²) in [4.78, 5) is 25.3. The highest BCUT2D eigenvalue weighted by Crippen LogP contribution is 2.32. The van der Waals surface area contributed by atoms with E-state index in [4.69, 9.17) is 4.74 Å². The van der Waals surface area contributed by atoms with Gasteiger partial charge in [-0.2, -0.15) is 0 Å². The predicted octanol–water partition coefficient (Wildman–Crippen LogP) is 2.13. The van der Waals surface area contributed by atoms with Crippen LogP contribution in [0.2, 0.25) is 0 Å². The highest BCUT2D eigenvalue weighted by molar-refractivity contribution is 5.85. The maximum absolute atomic E-state index is 12.2. The second-order valence-corrected chi connectivity index (χ2v) is 5.22. The van der Waals surface area contributed by atoms with Gasteiger partial charge in [-0.3, -0.25) is 9.59 Å². The smallest absolute Gasteiger partial charge is 0.254 e. The van der Waals surface area contributed by atoms with Crippen molar-refractivity contribution in [2.45, 2.75) is 45.6 Å². The summed E-state index contributed by atoms with van der Waals surface area (Å²) in [6.45, 7) is 5.51. The molecule has 0 aromatic heterocycles. The SMILES string of the molecule is CC(=O)CC1(C)OC(C)C(=O)N1Cc1ccccc1. The summed E-state index contributed by atoms with van der Waals surface area (Å²) in [6, 6.07) is 9.73. The molecule has 102 valence electrons. The van der Waals surface area contributed by atoms with Crippen molar-refractivity contribution in [1.82, 2.24) is 4.90 Å². The van der Waals surface area contributed by atoms with Crippen LogP contribution in [0.3, 0.4) is 0 Å². The molecule has 1 aliphatic heterocycles. The molecule has 0 spiro atoms. The van der Waals surface area contributed by atoms with Crippen LogP contribution in [0, 0.1) is 0 Å². The van der Waals surface area contributed by atoms with Gasteiger partial charge in [-0.15, -0.1) is 0 Å². The number of hydrogen-bond donors (Lipinski definition) is 0. The Morgan fingerprint density at radius 1 is 1.37 bits per heavy atom. The summed E-state index contributed by atoms with van der Waals surface area (Å²) in [5.74, 6) is -0.0462. The Hall–Kier alpha value is -1.68. The summed E-state index contributed by atoms with van der Waals surface area (Å²) in [5.41, 5.74) is 0.196. The second kappa shape index (κ2) is 5.13. The van der Waals surface area contributed by atoms with Crippen LogP contribution < -0.4 is 0 Å². The third-order valence-corrected chi connectivity index (χ3v) is 3.38. The molecule has 2 rings (SSSR count). The standard InChI is InChI=1S/C15H19NO3/c1-11(17)9-15(3)16(14(18)12(2)19-15)10-13-7-5-4-6-8-13/h4-8,12H,9-10H2,1-3H3. The number of amides is 1. The number of ketones is 1. The van der Waals surface area contributed by atoms with E-state index in [1.165, 1.54) is 6.92 Å². The lowest BCUT2D eigenvalue weighted by atomic mass is 10.1. The Bertz CT molecular complexity index is 485. The number of nitrogens with zero attached hydrogens (tertiary/aromatic N) is 1. The van der Waals surface area contributed by atoms with Gasteiger partial charge in [0.15, 0.2) is 0 Å². The number of benzene rings is 1. The summed E-state index contributed by atoms with van der Waals surface area (Å²) in [5, 5.41) is 0. The Balaban J connectivity index is 2.23. The van der Waals surface area contributed by atoms with E-state index in [9.17, 15) is 9.59 Å². The van der Waals surface area contributed by atoms with Crippen LogP contribution in [0.1, 0.15) is 32.8 Å². The third kappa shape index (κ3) is 2.84. The first kappa shape index (κ1) is 13.7. The van der Waals surface area contributed by atoms with Gasteiger partial charge in [-0.1, -0.05) is 30.3 Å². The summed E-state index contributed by atoms with van der Waals surface area (Å²) < 4.78 is 5.71. The number of ether oxygens (including phenoxy) is 1. The largest absolute Gasteiger partial charge is 0.343 e. The molecule has 0 N–H and O–H groups in total. The number of carbonyl (C=O) groups is 2. The molecule has 0 aliphatic carbocycles. The topological polar surface area (TPSA) is 46.6 Å². The monoisotopic (exact) mass is 261 g/mol. The van der Waals surface area contributed by atoms with Crippen molar-refractivity contribution >= 4 is 11.7 Å². The molecule has 0 bridgehead atoms. The van der Waals surface area contributed by atoms with Gasteiger partial charge in [0, 0.05) is 6.54 Å². The van der Waals surface area contributed by atoms with Crippen LogP contribution in [0.5, 0.6) is 0 Å². The zero-order valence-corrected chi connectivity index (χ0v) is 11.6. The van der Waals surface area contributed by atoms with E-state index in [0.29, 0.717) is 6.54 Å². The molecular weight excluding hydrogens is 242 g/mol. The normalized spacial score (nSPS) is 26.8. The molecule has 2 unspecified atom stereocenters. The molecular formula is C15H19NO3. The number of carbonyl (C=O) groups excluding carboxylic acids is 2. The lowest BCUT2D eigenvalue weighted by Gasteiger charge is -2.33. The van der Waals surface area contributed by atoms with Crippen LogP contribution in [0.4, 0.5) is 0 Å². The Labute approximate surface area is 113 Å². The average Bonchev–Trinajstić information content (AvgIpc) is 2.53. The zero-order chi connectivity index (χ0) is 14.0. The van der Waals surface area contributed by atoms with Gasteiger partial charge in [0.05, 0.1) is 6.42 Å². The molecule has 4 heteroatoms. The van der Waals surface area contributed by atoms with Crippen molar-refractivity contribution < 1.29 is 14.3 Å². The van der Waals surface area contributed by atoms with Gasteiger partial charge in [0.1, 0.15) is 17.6 Å². The maximum atomic E-state index is 12.2. The van der Waals surface area contributed by atoms with E-state index in [-0.39, 0.29) is 18.1 Å². The predicted molar refractivity (Wildman–Crippen MR) is 71.2 cm³/mol. The van der Waals surface area contributed by atoms with Gasteiger partial charge >= 0.3 is 0 Å². The highest BCUT2D eigenvalue weighted by atomic mass is 16.5. The Morgan fingerprint density at radius 3 is 2.58 bits per heavy atom. The molecule has 1 saturated heterocycles. The van der Waals surface area contributed by atoms with Gasteiger partial charge < -0.3 is 9.64 Å². The van der Waals surface area contributed by atoms with Crippen molar-refractivity contribution in [3.05, 3.63) is 35.9 Å². The van der Waals surface area contributed by atoms with Crippen LogP contribution in [-0.4, -0.2) is 28.4 Å². The van der Waals surface area contributed by atoms with E-state index < -0.39 is 11.8 Å². The second-order valence-electron chi connectivity index (χ2n) is 5.22. The molecule has 1 heterocycles. The lowest BCUT2D eigenvalue weighted by Crippen LogP contribution is -2.45. The minimum atomic E-state index is -0.835. The first-order valence-corrected chi connectivity index (χ1v) is 6.45. The maximum Gasteiger partial charge on any atom is 0.254 e. The minimum absolute atomic E-state index is 0.0162. The number of Topliss-reactive ketones (excluding diaryl/α,β-unsaturated/α-hetero) is 1. The summed E-state index contributed by atoms with van der Waals surface area (Å²) in [7, 11) is 0. The fraction of sp³-hybridized carbons (Fsp3) is 0.467. The van der Waals surface area contributed by atoms with Gasteiger partial charge in [0.25, 0.3) is 5.91 Å². The summed E-state index contributed by atoms with van der Waals surface area (Å²) in [6.07, 6.45) is -0.274. The fourth-order valence-corrected chi connectivity index (χ4v) is 2.56. The van der Waals surface area contributed by atoms with Crippen molar-refractivity contribution in [2.24, 2.45) is 0 Å².